The molecule has 3 aromatic carbocycles. The number of hydrogen-bond acceptors (Lipinski definition) is 5. The van der Waals surface area contributed by atoms with Crippen LogP contribution in [0.15, 0.2) is 71.8 Å². The van der Waals surface area contributed by atoms with Crippen molar-refractivity contribution in [3.63, 3.8) is 0 Å². The molecule has 2 amide bonds. The van der Waals surface area contributed by atoms with Crippen molar-refractivity contribution < 1.29 is 23.8 Å². The molecule has 0 bridgehead atoms. The molecule has 3 rings (SSSR count). The van der Waals surface area contributed by atoms with Crippen LogP contribution in [-0.4, -0.2) is 30.2 Å². The van der Waals surface area contributed by atoms with Crippen molar-refractivity contribution in [2.45, 2.75) is 0 Å². The van der Waals surface area contributed by atoms with Gasteiger partial charge in [0, 0.05) is 16.8 Å². The molecule has 3 aromatic rings. The third-order valence-electron chi connectivity index (χ3n) is 4.12. The van der Waals surface area contributed by atoms with Crippen molar-refractivity contribution in [1.29, 1.82) is 0 Å². The zero-order valence-electron chi connectivity index (χ0n) is 15.9. The van der Waals surface area contributed by atoms with Gasteiger partial charge in [0.15, 0.2) is 11.5 Å². The topological polar surface area (TPSA) is 100 Å². The number of phenolic OH excluding ortho intramolecular Hbond substituents is 1. The van der Waals surface area contributed by atoms with Crippen molar-refractivity contribution in [3.05, 3.63) is 89.2 Å². The monoisotopic (exact) mass is 407 g/mol. The first-order valence-electron chi connectivity index (χ1n) is 8.85. The van der Waals surface area contributed by atoms with Crippen LogP contribution in [0.25, 0.3) is 0 Å². The Bertz CT molecular complexity index is 1120. The van der Waals surface area contributed by atoms with Crippen LogP contribution in [0.1, 0.15) is 26.3 Å². The van der Waals surface area contributed by atoms with Gasteiger partial charge in [-0.05, 0) is 42.5 Å². The van der Waals surface area contributed by atoms with Crippen LogP contribution in [0.2, 0.25) is 0 Å². The molecule has 7 nitrogen and oxygen atoms in total. The van der Waals surface area contributed by atoms with Crippen LogP contribution in [0.5, 0.6) is 11.5 Å². The van der Waals surface area contributed by atoms with E-state index in [1.54, 1.807) is 36.4 Å². The van der Waals surface area contributed by atoms with Gasteiger partial charge >= 0.3 is 0 Å². The van der Waals surface area contributed by atoms with Crippen molar-refractivity contribution in [2.24, 2.45) is 5.10 Å². The summed E-state index contributed by atoms with van der Waals surface area (Å²) in [7, 11) is 1.43. The fourth-order valence-electron chi connectivity index (χ4n) is 2.62. The van der Waals surface area contributed by atoms with Gasteiger partial charge in [-0.25, -0.2) is 9.82 Å². The average Bonchev–Trinajstić information content (AvgIpc) is 2.75. The highest BCUT2D eigenvalue weighted by atomic mass is 19.1. The predicted octanol–water partition coefficient (Wildman–Crippen LogP) is 3.56. The molecule has 0 atom stereocenters. The highest BCUT2D eigenvalue weighted by Crippen LogP contribution is 2.27. The van der Waals surface area contributed by atoms with E-state index in [2.05, 4.69) is 15.8 Å². The number of para-hydroxylation sites is 1. The first-order valence-corrected chi connectivity index (χ1v) is 8.85. The number of methoxy groups -OCH3 is 1. The summed E-state index contributed by atoms with van der Waals surface area (Å²) in [6.45, 7) is 0. The van der Waals surface area contributed by atoms with Crippen LogP contribution < -0.4 is 15.5 Å². The minimum absolute atomic E-state index is 0.101. The molecule has 0 spiro atoms. The van der Waals surface area contributed by atoms with Crippen molar-refractivity contribution in [1.82, 2.24) is 5.43 Å². The molecule has 0 unspecified atom stereocenters. The Morgan fingerprint density at radius 2 is 1.80 bits per heavy atom. The van der Waals surface area contributed by atoms with Gasteiger partial charge in [-0.3, -0.25) is 9.59 Å². The molecule has 0 aliphatic heterocycles. The number of phenols is 1. The Labute approximate surface area is 171 Å². The van der Waals surface area contributed by atoms with E-state index in [0.717, 1.165) is 0 Å². The first-order chi connectivity index (χ1) is 14.5. The van der Waals surface area contributed by atoms with E-state index in [1.807, 2.05) is 0 Å². The standard InChI is InChI=1S/C22H18FN3O4/c1-30-19-11-5-7-15(20(19)27)13-24-26-21(28)14-6-4-8-16(12-14)25-22(29)17-9-2-3-10-18(17)23/h2-13,27H,1H3,(H,25,29)(H,26,28)/b24-13+. The SMILES string of the molecule is COc1cccc(/C=N/NC(=O)c2cccc(NC(=O)c3ccccc3F)c2)c1O. The number of rotatable bonds is 6. The lowest BCUT2D eigenvalue weighted by atomic mass is 10.1. The summed E-state index contributed by atoms with van der Waals surface area (Å²) >= 11 is 0. The van der Waals surface area contributed by atoms with Gasteiger partial charge in [-0.15, -0.1) is 0 Å². The Morgan fingerprint density at radius 1 is 1.03 bits per heavy atom. The van der Waals surface area contributed by atoms with Crippen LogP contribution in [0.3, 0.4) is 0 Å². The summed E-state index contributed by atoms with van der Waals surface area (Å²) in [5.41, 5.74) is 3.15. The molecule has 0 radical (unpaired) electrons. The Morgan fingerprint density at radius 3 is 2.57 bits per heavy atom. The second-order valence-electron chi connectivity index (χ2n) is 6.11. The van der Waals surface area contributed by atoms with Gasteiger partial charge in [0.25, 0.3) is 11.8 Å². The molecular formula is C22H18FN3O4. The number of aromatic hydroxyl groups is 1. The van der Waals surface area contributed by atoms with E-state index in [9.17, 15) is 19.1 Å². The van der Waals surface area contributed by atoms with Crippen LogP contribution >= 0.6 is 0 Å². The molecule has 8 heteroatoms. The van der Waals surface area contributed by atoms with Crippen LogP contribution in [0, 0.1) is 5.82 Å². The highest BCUT2D eigenvalue weighted by molar-refractivity contribution is 6.05. The van der Waals surface area contributed by atoms with Crippen molar-refractivity contribution in [3.8, 4) is 11.5 Å². The third kappa shape index (κ3) is 4.79. The number of carbonyl (C=O) groups is 2. The van der Waals surface area contributed by atoms with E-state index >= 15 is 0 Å². The summed E-state index contributed by atoms with van der Waals surface area (Å²) < 4.78 is 18.7. The minimum atomic E-state index is -0.640. The minimum Gasteiger partial charge on any atom is -0.504 e. The normalized spacial score (nSPS) is 10.6. The smallest absolute Gasteiger partial charge is 0.271 e. The molecule has 0 aliphatic rings. The van der Waals surface area contributed by atoms with E-state index in [1.165, 1.54) is 43.7 Å². The van der Waals surface area contributed by atoms with Gasteiger partial charge in [0.1, 0.15) is 5.82 Å². The van der Waals surface area contributed by atoms with Gasteiger partial charge in [0.05, 0.1) is 18.9 Å². The number of carbonyl (C=O) groups excluding carboxylic acids is 2. The number of nitrogens with zero attached hydrogens (tertiary/aromatic N) is 1. The molecule has 0 saturated heterocycles. The van der Waals surface area contributed by atoms with E-state index in [0.29, 0.717) is 11.3 Å². The fourth-order valence-corrected chi connectivity index (χ4v) is 2.62. The Kier molecular flexibility index (Phi) is 6.39. The lowest BCUT2D eigenvalue weighted by Crippen LogP contribution is -2.18. The quantitative estimate of drug-likeness (QED) is 0.430. The second-order valence-corrected chi connectivity index (χ2v) is 6.11. The molecule has 152 valence electrons. The zero-order valence-corrected chi connectivity index (χ0v) is 15.9. The molecule has 3 N–H and O–H groups in total. The number of ether oxygens (including phenoxy) is 1. The maximum absolute atomic E-state index is 13.7. The molecule has 0 fully saturated rings. The number of anilines is 1. The van der Waals surface area contributed by atoms with Crippen LogP contribution in [-0.2, 0) is 0 Å². The van der Waals surface area contributed by atoms with Crippen LogP contribution in [0.4, 0.5) is 10.1 Å². The fraction of sp³-hybridized carbons (Fsp3) is 0.0455. The Balaban J connectivity index is 1.68. The lowest BCUT2D eigenvalue weighted by Gasteiger charge is -2.08. The molecule has 0 heterocycles. The average molecular weight is 407 g/mol. The molecule has 0 saturated carbocycles. The summed E-state index contributed by atoms with van der Waals surface area (Å²) in [4.78, 5) is 24.5. The van der Waals surface area contributed by atoms with Gasteiger partial charge in [0.2, 0.25) is 0 Å². The summed E-state index contributed by atoms with van der Waals surface area (Å²) in [5.74, 6) is -1.62. The number of hydrogen-bond donors (Lipinski definition) is 3. The first kappa shape index (κ1) is 20.5. The van der Waals surface area contributed by atoms with E-state index in [4.69, 9.17) is 4.74 Å². The Hall–Kier alpha value is -4.20. The molecule has 30 heavy (non-hydrogen) atoms. The van der Waals surface area contributed by atoms with E-state index < -0.39 is 17.6 Å². The summed E-state index contributed by atoms with van der Waals surface area (Å²) in [6, 6.07) is 16.6. The lowest BCUT2D eigenvalue weighted by molar-refractivity contribution is 0.0953. The highest BCUT2D eigenvalue weighted by Gasteiger charge is 2.12. The number of amides is 2. The van der Waals surface area contributed by atoms with Crippen molar-refractivity contribution >= 4 is 23.7 Å². The maximum Gasteiger partial charge on any atom is 0.271 e. The third-order valence-corrected chi connectivity index (χ3v) is 4.12. The van der Waals surface area contributed by atoms with Gasteiger partial charge in [-0.2, -0.15) is 5.10 Å². The van der Waals surface area contributed by atoms with Gasteiger partial charge < -0.3 is 15.2 Å². The molecular weight excluding hydrogens is 389 g/mol. The number of benzene rings is 3. The second kappa shape index (κ2) is 9.33. The molecule has 0 aliphatic carbocycles. The predicted molar refractivity (Wildman–Crippen MR) is 111 cm³/mol. The summed E-state index contributed by atoms with van der Waals surface area (Å²) in [6.07, 6.45) is 1.28. The van der Waals surface area contributed by atoms with Gasteiger partial charge in [-0.1, -0.05) is 24.3 Å². The maximum atomic E-state index is 13.7. The number of halogens is 1. The van der Waals surface area contributed by atoms with E-state index in [-0.39, 0.29) is 22.6 Å². The number of nitrogens with one attached hydrogen (secondary N) is 2. The molecule has 0 aromatic heterocycles. The zero-order chi connectivity index (χ0) is 21.5. The largest absolute Gasteiger partial charge is 0.504 e. The van der Waals surface area contributed by atoms with Crippen molar-refractivity contribution in [2.75, 3.05) is 12.4 Å². The number of hydrazone groups is 1. The summed E-state index contributed by atoms with van der Waals surface area (Å²) in [5, 5.41) is 16.4.